The second-order valence-corrected chi connectivity index (χ2v) is 6.10. The fourth-order valence-corrected chi connectivity index (χ4v) is 3.52. The Morgan fingerprint density at radius 3 is 2.45 bits per heavy atom. The van der Waals surface area contributed by atoms with E-state index in [1.165, 1.54) is 40.7 Å². The van der Waals surface area contributed by atoms with Crippen molar-refractivity contribution in [2.24, 2.45) is 11.7 Å². The van der Waals surface area contributed by atoms with Crippen LogP contribution in [0.5, 0.6) is 0 Å². The molecule has 20 heavy (non-hydrogen) atoms. The van der Waals surface area contributed by atoms with E-state index in [0.29, 0.717) is 5.92 Å². The summed E-state index contributed by atoms with van der Waals surface area (Å²) in [5.74, 6) is 0.560. The Kier molecular flexibility index (Phi) is 3.62. The molecule has 1 aliphatic carbocycles. The number of aryl methyl sites for hydroxylation is 3. The maximum atomic E-state index is 6.54. The van der Waals surface area contributed by atoms with Crippen LogP contribution in [0.4, 0.5) is 0 Å². The zero-order valence-corrected chi connectivity index (χ0v) is 12.4. The van der Waals surface area contributed by atoms with Crippen LogP contribution in [-0.4, -0.2) is 0 Å². The van der Waals surface area contributed by atoms with Crippen LogP contribution < -0.4 is 5.73 Å². The minimum atomic E-state index is 0.180. The molecule has 0 spiro atoms. The first-order chi connectivity index (χ1) is 9.66. The summed E-state index contributed by atoms with van der Waals surface area (Å²) >= 11 is 0. The smallest absolute Gasteiger partial charge is 0.0329 e. The van der Waals surface area contributed by atoms with Crippen LogP contribution >= 0.6 is 0 Å². The first-order valence-electron chi connectivity index (χ1n) is 7.55. The van der Waals surface area contributed by atoms with Crippen LogP contribution in [0.15, 0.2) is 42.5 Å². The van der Waals surface area contributed by atoms with Gasteiger partial charge in [0.1, 0.15) is 0 Å². The largest absolute Gasteiger partial charge is 0.324 e. The Morgan fingerprint density at radius 1 is 1.00 bits per heavy atom. The summed E-state index contributed by atoms with van der Waals surface area (Å²) in [6.45, 7) is 4.43. The molecule has 2 atom stereocenters. The van der Waals surface area contributed by atoms with Gasteiger partial charge in [0.2, 0.25) is 0 Å². The fraction of sp³-hybridized carbons (Fsp3) is 0.368. The first kappa shape index (κ1) is 13.4. The summed E-state index contributed by atoms with van der Waals surface area (Å²) in [6, 6.07) is 15.4. The standard InChI is InChI=1S/C19H23N/c1-13-6-5-7-14(2)18(13)12-16-11-10-15-8-3-4-9-17(15)19(16)20/h3-9,16,19H,10-12,20H2,1-2H3. The number of hydrogen-bond donors (Lipinski definition) is 1. The van der Waals surface area contributed by atoms with Crippen molar-refractivity contribution in [2.45, 2.75) is 39.2 Å². The summed E-state index contributed by atoms with van der Waals surface area (Å²) in [5.41, 5.74) is 13.6. The Labute approximate surface area is 121 Å². The Morgan fingerprint density at radius 2 is 1.70 bits per heavy atom. The van der Waals surface area contributed by atoms with Gasteiger partial charge in [-0.25, -0.2) is 0 Å². The molecule has 0 fully saturated rings. The van der Waals surface area contributed by atoms with Gasteiger partial charge in [-0.15, -0.1) is 0 Å². The summed E-state index contributed by atoms with van der Waals surface area (Å²) in [7, 11) is 0. The monoisotopic (exact) mass is 265 g/mol. The average molecular weight is 265 g/mol. The van der Waals surface area contributed by atoms with E-state index in [-0.39, 0.29) is 6.04 Å². The highest BCUT2D eigenvalue weighted by molar-refractivity contribution is 5.36. The van der Waals surface area contributed by atoms with E-state index in [2.05, 4.69) is 56.3 Å². The number of nitrogens with two attached hydrogens (primary N) is 1. The molecule has 2 unspecified atom stereocenters. The number of fused-ring (bicyclic) bond motifs is 1. The maximum Gasteiger partial charge on any atom is 0.0329 e. The van der Waals surface area contributed by atoms with Gasteiger partial charge >= 0.3 is 0 Å². The molecule has 3 rings (SSSR count). The van der Waals surface area contributed by atoms with E-state index in [4.69, 9.17) is 5.73 Å². The molecule has 1 heteroatoms. The normalized spacial score (nSPS) is 21.6. The van der Waals surface area contributed by atoms with Gasteiger partial charge in [-0.05, 0) is 66.8 Å². The summed E-state index contributed by atoms with van der Waals surface area (Å²) < 4.78 is 0. The van der Waals surface area contributed by atoms with Gasteiger partial charge < -0.3 is 5.73 Å². The molecule has 0 bridgehead atoms. The Hall–Kier alpha value is -1.60. The number of rotatable bonds is 2. The molecule has 1 nitrogen and oxygen atoms in total. The molecule has 2 N–H and O–H groups in total. The van der Waals surface area contributed by atoms with Crippen molar-refractivity contribution in [1.29, 1.82) is 0 Å². The maximum absolute atomic E-state index is 6.54. The summed E-state index contributed by atoms with van der Waals surface area (Å²) in [4.78, 5) is 0. The van der Waals surface area contributed by atoms with Crippen molar-refractivity contribution < 1.29 is 0 Å². The van der Waals surface area contributed by atoms with E-state index < -0.39 is 0 Å². The lowest BCUT2D eigenvalue weighted by molar-refractivity contribution is 0.375. The quantitative estimate of drug-likeness (QED) is 0.869. The zero-order chi connectivity index (χ0) is 14.1. The number of benzene rings is 2. The number of hydrogen-bond acceptors (Lipinski definition) is 1. The molecule has 0 heterocycles. The molecular formula is C19H23N. The van der Waals surface area contributed by atoms with E-state index in [1.54, 1.807) is 0 Å². The molecule has 0 saturated heterocycles. The molecule has 0 aliphatic heterocycles. The van der Waals surface area contributed by atoms with Crippen molar-refractivity contribution in [3.8, 4) is 0 Å². The van der Waals surface area contributed by atoms with Crippen molar-refractivity contribution in [3.05, 3.63) is 70.3 Å². The van der Waals surface area contributed by atoms with Crippen molar-refractivity contribution >= 4 is 0 Å². The summed E-state index contributed by atoms with van der Waals surface area (Å²) in [6.07, 6.45) is 3.47. The van der Waals surface area contributed by atoms with Gasteiger partial charge in [0.15, 0.2) is 0 Å². The SMILES string of the molecule is Cc1cccc(C)c1CC1CCc2ccccc2C1N. The van der Waals surface area contributed by atoms with Crippen LogP contribution in [0.3, 0.4) is 0 Å². The molecule has 0 amide bonds. The summed E-state index contributed by atoms with van der Waals surface area (Å²) in [5, 5.41) is 0. The van der Waals surface area contributed by atoms with Gasteiger partial charge in [-0.1, -0.05) is 42.5 Å². The van der Waals surface area contributed by atoms with Gasteiger partial charge in [-0.2, -0.15) is 0 Å². The highest BCUT2D eigenvalue weighted by atomic mass is 14.7. The second-order valence-electron chi connectivity index (χ2n) is 6.10. The predicted octanol–water partition coefficient (Wildman–Crippen LogP) is 4.11. The van der Waals surface area contributed by atoms with Crippen LogP contribution in [0, 0.1) is 19.8 Å². The fourth-order valence-electron chi connectivity index (χ4n) is 3.52. The van der Waals surface area contributed by atoms with Crippen LogP contribution in [-0.2, 0) is 12.8 Å². The van der Waals surface area contributed by atoms with E-state index in [9.17, 15) is 0 Å². The van der Waals surface area contributed by atoms with Crippen LogP contribution in [0.25, 0.3) is 0 Å². The minimum Gasteiger partial charge on any atom is -0.324 e. The van der Waals surface area contributed by atoms with E-state index in [1.807, 2.05) is 0 Å². The lowest BCUT2D eigenvalue weighted by Gasteiger charge is -2.32. The second kappa shape index (κ2) is 5.41. The van der Waals surface area contributed by atoms with Crippen molar-refractivity contribution in [2.75, 3.05) is 0 Å². The Balaban J connectivity index is 1.87. The van der Waals surface area contributed by atoms with E-state index >= 15 is 0 Å². The molecule has 0 aromatic heterocycles. The average Bonchev–Trinajstić information content (AvgIpc) is 2.45. The molecule has 0 radical (unpaired) electrons. The van der Waals surface area contributed by atoms with Gasteiger partial charge in [0, 0.05) is 6.04 Å². The third kappa shape index (κ3) is 2.38. The van der Waals surface area contributed by atoms with E-state index in [0.717, 1.165) is 6.42 Å². The van der Waals surface area contributed by atoms with Gasteiger partial charge in [0.05, 0.1) is 0 Å². The third-order valence-electron chi connectivity index (χ3n) is 4.82. The third-order valence-corrected chi connectivity index (χ3v) is 4.82. The topological polar surface area (TPSA) is 26.0 Å². The Bertz CT molecular complexity index is 595. The van der Waals surface area contributed by atoms with Crippen LogP contribution in [0.2, 0.25) is 0 Å². The molecule has 0 saturated carbocycles. The predicted molar refractivity (Wildman–Crippen MR) is 84.8 cm³/mol. The molecule has 2 aromatic carbocycles. The van der Waals surface area contributed by atoms with Crippen molar-refractivity contribution in [3.63, 3.8) is 0 Å². The lowest BCUT2D eigenvalue weighted by Crippen LogP contribution is -2.29. The van der Waals surface area contributed by atoms with Gasteiger partial charge in [-0.3, -0.25) is 0 Å². The van der Waals surface area contributed by atoms with Crippen molar-refractivity contribution in [1.82, 2.24) is 0 Å². The molecular weight excluding hydrogens is 242 g/mol. The van der Waals surface area contributed by atoms with Gasteiger partial charge in [0.25, 0.3) is 0 Å². The molecule has 104 valence electrons. The molecule has 2 aromatic rings. The van der Waals surface area contributed by atoms with Crippen LogP contribution in [0.1, 0.15) is 40.3 Å². The first-order valence-corrected chi connectivity index (χ1v) is 7.55. The highest BCUT2D eigenvalue weighted by Gasteiger charge is 2.27. The highest BCUT2D eigenvalue weighted by Crippen LogP contribution is 2.35. The zero-order valence-electron chi connectivity index (χ0n) is 12.4. The minimum absolute atomic E-state index is 0.180. The lowest BCUT2D eigenvalue weighted by atomic mass is 9.76. The molecule has 1 aliphatic rings.